The number of amides is 1. The van der Waals surface area contributed by atoms with E-state index in [1.54, 1.807) is 25.3 Å². The molecular formula is C22H28N4O5. The van der Waals surface area contributed by atoms with Gasteiger partial charge in [-0.25, -0.2) is 0 Å². The Morgan fingerprint density at radius 3 is 2.71 bits per heavy atom. The van der Waals surface area contributed by atoms with Gasteiger partial charge in [0, 0.05) is 31.3 Å². The molecule has 0 radical (unpaired) electrons. The maximum atomic E-state index is 12.2. The summed E-state index contributed by atoms with van der Waals surface area (Å²) in [7, 11) is 3.07. The molecule has 1 saturated heterocycles. The predicted octanol–water partition coefficient (Wildman–Crippen LogP) is 1.81. The number of carbonyl (C=O) groups excluding carboxylic acids is 1. The highest BCUT2D eigenvalue weighted by molar-refractivity contribution is 5.97. The highest BCUT2D eigenvalue weighted by Gasteiger charge is 2.12. The van der Waals surface area contributed by atoms with E-state index in [2.05, 4.69) is 15.4 Å². The van der Waals surface area contributed by atoms with Crippen LogP contribution in [0.5, 0.6) is 11.5 Å². The van der Waals surface area contributed by atoms with Crippen molar-refractivity contribution in [1.29, 1.82) is 0 Å². The molecule has 1 heterocycles. The average molecular weight is 428 g/mol. The van der Waals surface area contributed by atoms with Crippen LogP contribution in [-0.2, 0) is 20.9 Å². The number of morpholine rings is 1. The lowest BCUT2D eigenvalue weighted by atomic mass is 10.1. The molecule has 1 amide bonds. The third-order valence-corrected chi connectivity index (χ3v) is 4.77. The van der Waals surface area contributed by atoms with Crippen LogP contribution in [0, 0.1) is 0 Å². The maximum Gasteiger partial charge on any atom is 0.265 e. The molecular weight excluding hydrogens is 400 g/mol. The molecule has 2 aromatic rings. The standard InChI is InChI=1S/C22H28N4O5/c1-28-18-6-7-19(20(13-18)29-2)24-21(27)15-31-25-22(23)17-5-3-4-16(12-17)14-26-8-10-30-11-9-26/h3-7,12-13H,8-11,14-15H2,1-2H3,(H2,23,25)(H,24,27). The molecule has 3 N–H and O–H groups in total. The molecule has 9 heteroatoms. The van der Waals surface area contributed by atoms with E-state index in [0.29, 0.717) is 17.2 Å². The van der Waals surface area contributed by atoms with Gasteiger partial charge in [0.05, 0.1) is 33.1 Å². The summed E-state index contributed by atoms with van der Waals surface area (Å²) < 4.78 is 15.8. The first kappa shape index (κ1) is 22.4. The van der Waals surface area contributed by atoms with Gasteiger partial charge < -0.3 is 30.1 Å². The highest BCUT2D eigenvalue weighted by Crippen LogP contribution is 2.28. The van der Waals surface area contributed by atoms with Crippen LogP contribution in [0.25, 0.3) is 0 Å². The van der Waals surface area contributed by atoms with Gasteiger partial charge in [-0.2, -0.15) is 0 Å². The summed E-state index contributed by atoms with van der Waals surface area (Å²) in [6.45, 7) is 3.85. The number of nitrogens with zero attached hydrogens (tertiary/aromatic N) is 2. The molecule has 1 fully saturated rings. The van der Waals surface area contributed by atoms with Crippen LogP contribution in [0.1, 0.15) is 11.1 Å². The maximum absolute atomic E-state index is 12.2. The monoisotopic (exact) mass is 428 g/mol. The summed E-state index contributed by atoms with van der Waals surface area (Å²) in [5, 5.41) is 6.59. The van der Waals surface area contributed by atoms with Crippen molar-refractivity contribution in [2.24, 2.45) is 10.9 Å². The molecule has 0 aromatic heterocycles. The van der Waals surface area contributed by atoms with Gasteiger partial charge in [-0.05, 0) is 23.8 Å². The van der Waals surface area contributed by atoms with Gasteiger partial charge in [0.1, 0.15) is 11.5 Å². The van der Waals surface area contributed by atoms with Crippen molar-refractivity contribution < 1.29 is 23.8 Å². The average Bonchev–Trinajstić information content (AvgIpc) is 2.80. The number of rotatable bonds is 9. The highest BCUT2D eigenvalue weighted by atomic mass is 16.6. The number of anilines is 1. The Morgan fingerprint density at radius 1 is 1.16 bits per heavy atom. The molecule has 3 rings (SSSR count). The van der Waals surface area contributed by atoms with Crippen LogP contribution in [0.15, 0.2) is 47.6 Å². The minimum absolute atomic E-state index is 0.207. The molecule has 0 bridgehead atoms. The number of carbonyl (C=O) groups is 1. The van der Waals surface area contributed by atoms with Crippen molar-refractivity contribution in [3.8, 4) is 11.5 Å². The largest absolute Gasteiger partial charge is 0.497 e. The molecule has 2 aromatic carbocycles. The Hall–Kier alpha value is -3.30. The van der Waals surface area contributed by atoms with E-state index in [4.69, 9.17) is 24.8 Å². The Morgan fingerprint density at radius 2 is 1.97 bits per heavy atom. The van der Waals surface area contributed by atoms with E-state index in [1.165, 1.54) is 7.11 Å². The fourth-order valence-corrected chi connectivity index (χ4v) is 3.15. The zero-order chi connectivity index (χ0) is 22.1. The Labute approximate surface area is 181 Å². The van der Waals surface area contributed by atoms with Gasteiger partial charge >= 0.3 is 0 Å². The molecule has 9 nitrogen and oxygen atoms in total. The van der Waals surface area contributed by atoms with Gasteiger partial charge in [-0.1, -0.05) is 23.4 Å². The molecule has 31 heavy (non-hydrogen) atoms. The Balaban J connectivity index is 1.53. The predicted molar refractivity (Wildman–Crippen MR) is 117 cm³/mol. The van der Waals surface area contributed by atoms with Gasteiger partial charge in [0.15, 0.2) is 12.4 Å². The first-order valence-electron chi connectivity index (χ1n) is 9.95. The summed E-state index contributed by atoms with van der Waals surface area (Å²) >= 11 is 0. The first-order valence-corrected chi connectivity index (χ1v) is 9.95. The van der Waals surface area contributed by atoms with Crippen LogP contribution in [0.4, 0.5) is 5.69 Å². The van der Waals surface area contributed by atoms with Gasteiger partial charge in [-0.3, -0.25) is 9.69 Å². The topological polar surface area (TPSA) is 108 Å². The van der Waals surface area contributed by atoms with Crippen molar-refractivity contribution in [2.75, 3.05) is 52.4 Å². The van der Waals surface area contributed by atoms with Crippen molar-refractivity contribution in [3.63, 3.8) is 0 Å². The van der Waals surface area contributed by atoms with Gasteiger partial charge in [0.2, 0.25) is 0 Å². The van der Waals surface area contributed by atoms with E-state index in [0.717, 1.165) is 44.0 Å². The van der Waals surface area contributed by atoms with Crippen molar-refractivity contribution in [3.05, 3.63) is 53.6 Å². The van der Waals surface area contributed by atoms with Crippen LogP contribution in [0.2, 0.25) is 0 Å². The SMILES string of the molecule is COc1ccc(NC(=O)CO/N=C(/N)c2cccc(CN3CCOCC3)c2)c(OC)c1. The van der Waals surface area contributed by atoms with Gasteiger partial charge in [-0.15, -0.1) is 0 Å². The van der Waals surface area contributed by atoms with Crippen LogP contribution < -0.4 is 20.5 Å². The van der Waals surface area contributed by atoms with E-state index in [9.17, 15) is 4.79 Å². The van der Waals surface area contributed by atoms with E-state index < -0.39 is 0 Å². The van der Waals surface area contributed by atoms with E-state index in [1.807, 2.05) is 24.3 Å². The number of nitrogens with one attached hydrogen (secondary N) is 1. The summed E-state index contributed by atoms with van der Waals surface area (Å²) in [6, 6.07) is 12.9. The zero-order valence-electron chi connectivity index (χ0n) is 17.8. The number of methoxy groups -OCH3 is 2. The molecule has 0 spiro atoms. The van der Waals surface area contributed by atoms with Crippen LogP contribution in [-0.4, -0.2) is 63.8 Å². The van der Waals surface area contributed by atoms with Crippen LogP contribution >= 0.6 is 0 Å². The number of hydrogen-bond acceptors (Lipinski definition) is 7. The number of ether oxygens (including phenoxy) is 3. The first-order chi connectivity index (χ1) is 15.1. The number of hydrogen-bond donors (Lipinski definition) is 2. The molecule has 0 saturated carbocycles. The number of nitrogens with two attached hydrogens (primary N) is 1. The van der Waals surface area contributed by atoms with Crippen LogP contribution in [0.3, 0.4) is 0 Å². The fraction of sp³-hybridized carbons (Fsp3) is 0.364. The van der Waals surface area contributed by atoms with Crippen molar-refractivity contribution in [1.82, 2.24) is 4.90 Å². The minimum atomic E-state index is -0.388. The zero-order valence-corrected chi connectivity index (χ0v) is 17.8. The minimum Gasteiger partial charge on any atom is -0.497 e. The van der Waals surface area contributed by atoms with Crippen molar-refractivity contribution in [2.45, 2.75) is 6.54 Å². The summed E-state index contributed by atoms with van der Waals surface area (Å²) in [4.78, 5) is 19.7. The molecule has 166 valence electrons. The van der Waals surface area contributed by atoms with Gasteiger partial charge in [0.25, 0.3) is 5.91 Å². The summed E-state index contributed by atoms with van der Waals surface area (Å²) in [5.41, 5.74) is 8.41. The lowest BCUT2D eigenvalue weighted by Gasteiger charge is -2.26. The Bertz CT molecular complexity index is 913. The van der Waals surface area contributed by atoms with Crippen molar-refractivity contribution >= 4 is 17.4 Å². The summed E-state index contributed by atoms with van der Waals surface area (Å²) in [6.07, 6.45) is 0. The molecule has 1 aliphatic heterocycles. The smallest absolute Gasteiger partial charge is 0.265 e. The number of oxime groups is 1. The molecule has 1 aliphatic rings. The number of amidine groups is 1. The third-order valence-electron chi connectivity index (χ3n) is 4.77. The molecule has 0 atom stereocenters. The normalized spacial score (nSPS) is 14.7. The molecule has 0 aliphatic carbocycles. The van der Waals surface area contributed by atoms with E-state index in [-0.39, 0.29) is 18.3 Å². The molecule has 0 unspecified atom stereocenters. The Kier molecular flexibility index (Phi) is 8.08. The lowest BCUT2D eigenvalue weighted by Crippen LogP contribution is -2.35. The van der Waals surface area contributed by atoms with E-state index >= 15 is 0 Å². The fourth-order valence-electron chi connectivity index (χ4n) is 3.15. The third kappa shape index (κ3) is 6.59. The second-order valence-corrected chi connectivity index (χ2v) is 6.95. The summed E-state index contributed by atoms with van der Waals surface area (Å²) in [5.74, 6) is 0.923. The quantitative estimate of drug-likeness (QED) is 0.356. The second-order valence-electron chi connectivity index (χ2n) is 6.95. The lowest BCUT2D eigenvalue weighted by molar-refractivity contribution is -0.120. The second kappa shape index (κ2) is 11.2. The number of benzene rings is 2.